The van der Waals surface area contributed by atoms with Gasteiger partial charge in [-0.25, -0.2) is 0 Å². The highest BCUT2D eigenvalue weighted by atomic mass is 16.4. The summed E-state index contributed by atoms with van der Waals surface area (Å²) in [5, 5.41) is 30.8. The second-order valence-corrected chi connectivity index (χ2v) is 6.82. The second kappa shape index (κ2) is 9.02. The summed E-state index contributed by atoms with van der Waals surface area (Å²) in [4.78, 5) is 23.0. The molecule has 0 aromatic rings. The number of ketones is 1. The average Bonchev–Trinajstić information content (AvgIpc) is 2.31. The van der Waals surface area contributed by atoms with E-state index in [1.165, 1.54) is 6.08 Å². The van der Waals surface area contributed by atoms with Gasteiger partial charge in [-0.3, -0.25) is 4.79 Å². The Kier molecular flexibility index (Phi) is 8.52. The van der Waals surface area contributed by atoms with E-state index in [0.29, 0.717) is 19.3 Å². The first-order valence-corrected chi connectivity index (χ1v) is 7.62. The number of aliphatic hydroxyl groups excluding tert-OH is 1. The van der Waals surface area contributed by atoms with Crippen LogP contribution in [0.3, 0.4) is 0 Å². The van der Waals surface area contributed by atoms with Crippen molar-refractivity contribution in [1.29, 1.82) is 0 Å². The summed E-state index contributed by atoms with van der Waals surface area (Å²) in [7, 11) is 5.29. The SMILES string of the molecule is CCCC(O)CCC=CC(=O)C(O)(CC(=O)[O-])C[N+](C)(C)C. The van der Waals surface area contributed by atoms with Crippen LogP contribution in [0.2, 0.25) is 0 Å². The summed E-state index contributed by atoms with van der Waals surface area (Å²) < 4.78 is 0.249. The van der Waals surface area contributed by atoms with Crippen LogP contribution in [0.25, 0.3) is 0 Å². The van der Waals surface area contributed by atoms with Crippen LogP contribution >= 0.6 is 0 Å². The molecule has 2 unspecified atom stereocenters. The van der Waals surface area contributed by atoms with Crippen LogP contribution < -0.4 is 5.11 Å². The van der Waals surface area contributed by atoms with E-state index in [2.05, 4.69) is 0 Å². The molecule has 2 N–H and O–H groups in total. The molecule has 128 valence electrons. The lowest BCUT2D eigenvalue weighted by Crippen LogP contribution is -2.55. The van der Waals surface area contributed by atoms with E-state index < -0.39 is 29.9 Å². The molecule has 6 heteroatoms. The molecule has 0 aliphatic heterocycles. The number of carboxylic acid groups (broad SMARTS) is 1. The maximum absolute atomic E-state index is 12.1. The Balaban J connectivity index is 4.73. The van der Waals surface area contributed by atoms with Gasteiger partial charge in [-0.2, -0.15) is 0 Å². The van der Waals surface area contributed by atoms with Crippen LogP contribution in [-0.4, -0.2) is 65.8 Å². The van der Waals surface area contributed by atoms with Gasteiger partial charge in [-0.1, -0.05) is 19.4 Å². The molecule has 0 aliphatic carbocycles. The quantitative estimate of drug-likeness (QED) is 0.400. The first-order chi connectivity index (χ1) is 10.00. The number of carbonyl (C=O) groups is 2. The molecule has 0 rings (SSSR count). The molecule has 0 saturated heterocycles. The van der Waals surface area contributed by atoms with Crippen LogP contribution in [0.4, 0.5) is 0 Å². The smallest absolute Gasteiger partial charge is 0.193 e. The van der Waals surface area contributed by atoms with Gasteiger partial charge in [0, 0.05) is 12.4 Å². The lowest BCUT2D eigenvalue weighted by atomic mass is 9.92. The van der Waals surface area contributed by atoms with E-state index in [0.717, 1.165) is 6.42 Å². The topological polar surface area (TPSA) is 97.7 Å². The fraction of sp³-hybridized carbons (Fsp3) is 0.750. The number of rotatable bonds is 11. The maximum atomic E-state index is 12.1. The van der Waals surface area contributed by atoms with E-state index in [4.69, 9.17) is 0 Å². The first kappa shape index (κ1) is 20.8. The Labute approximate surface area is 132 Å². The van der Waals surface area contributed by atoms with Crippen LogP contribution in [0.5, 0.6) is 0 Å². The monoisotopic (exact) mass is 315 g/mol. The number of carbonyl (C=O) groups excluding carboxylic acids is 2. The number of aliphatic hydroxyl groups is 2. The van der Waals surface area contributed by atoms with E-state index >= 15 is 0 Å². The van der Waals surface area contributed by atoms with Crippen molar-refractivity contribution in [2.24, 2.45) is 0 Å². The van der Waals surface area contributed by atoms with E-state index in [-0.39, 0.29) is 11.0 Å². The lowest BCUT2D eigenvalue weighted by molar-refractivity contribution is -0.875. The van der Waals surface area contributed by atoms with E-state index in [1.807, 2.05) is 6.92 Å². The Morgan fingerprint density at radius 1 is 1.27 bits per heavy atom. The van der Waals surface area contributed by atoms with Gasteiger partial charge in [0.1, 0.15) is 6.54 Å². The summed E-state index contributed by atoms with van der Waals surface area (Å²) in [5.41, 5.74) is -1.98. The molecule has 2 atom stereocenters. The molecule has 0 saturated carbocycles. The Morgan fingerprint density at radius 3 is 2.32 bits per heavy atom. The van der Waals surface area contributed by atoms with Crippen LogP contribution in [0.15, 0.2) is 12.2 Å². The molecule has 0 aliphatic rings. The molecule has 0 bridgehead atoms. The van der Waals surface area contributed by atoms with Gasteiger partial charge in [0.25, 0.3) is 0 Å². The van der Waals surface area contributed by atoms with Gasteiger partial charge in [0.05, 0.1) is 27.2 Å². The summed E-state index contributed by atoms with van der Waals surface area (Å²) >= 11 is 0. The third-order valence-electron chi connectivity index (χ3n) is 3.19. The minimum atomic E-state index is -1.98. The zero-order valence-corrected chi connectivity index (χ0v) is 14.0. The van der Waals surface area contributed by atoms with Crippen molar-refractivity contribution < 1.29 is 29.4 Å². The molecule has 0 heterocycles. The fourth-order valence-corrected chi connectivity index (χ4v) is 2.36. The normalized spacial score (nSPS) is 16.5. The number of carboxylic acids is 1. The van der Waals surface area contributed by atoms with Crippen molar-refractivity contribution in [1.82, 2.24) is 0 Å². The number of hydrogen-bond donors (Lipinski definition) is 2. The van der Waals surface area contributed by atoms with Gasteiger partial charge in [0.2, 0.25) is 0 Å². The summed E-state index contributed by atoms with van der Waals surface area (Å²) in [5.74, 6) is -2.11. The highest BCUT2D eigenvalue weighted by Crippen LogP contribution is 2.17. The van der Waals surface area contributed by atoms with Crippen molar-refractivity contribution in [2.45, 2.75) is 50.7 Å². The minimum Gasteiger partial charge on any atom is -0.550 e. The predicted octanol–water partition coefficient (Wildman–Crippen LogP) is -0.370. The summed E-state index contributed by atoms with van der Waals surface area (Å²) in [6, 6.07) is 0. The van der Waals surface area contributed by atoms with E-state index in [1.54, 1.807) is 27.2 Å². The summed E-state index contributed by atoms with van der Waals surface area (Å²) in [6.07, 6.45) is 4.26. The standard InChI is InChI=1S/C16H29NO5/c1-5-8-13(18)9-6-7-10-14(19)16(22,11-15(20)21)12-17(2,3)4/h7,10,13,18,22H,5-6,8-9,11-12H2,1-4H3. The molecule has 0 aromatic carbocycles. The maximum Gasteiger partial charge on any atom is 0.193 e. The average molecular weight is 315 g/mol. The van der Waals surface area contributed by atoms with Gasteiger partial charge in [-0.15, -0.1) is 0 Å². The largest absolute Gasteiger partial charge is 0.550 e. The molecule has 0 spiro atoms. The van der Waals surface area contributed by atoms with Crippen molar-refractivity contribution in [3.63, 3.8) is 0 Å². The zero-order valence-electron chi connectivity index (χ0n) is 14.0. The van der Waals surface area contributed by atoms with Crippen molar-refractivity contribution in [2.75, 3.05) is 27.7 Å². The van der Waals surface area contributed by atoms with Gasteiger partial charge >= 0.3 is 0 Å². The lowest BCUT2D eigenvalue weighted by Gasteiger charge is -2.34. The molecule has 22 heavy (non-hydrogen) atoms. The third-order valence-corrected chi connectivity index (χ3v) is 3.19. The van der Waals surface area contributed by atoms with Gasteiger partial charge in [-0.05, 0) is 25.3 Å². The fourth-order valence-electron chi connectivity index (χ4n) is 2.36. The zero-order chi connectivity index (χ0) is 17.4. The van der Waals surface area contributed by atoms with Gasteiger partial charge < -0.3 is 24.6 Å². The molecule has 0 radical (unpaired) electrons. The van der Waals surface area contributed by atoms with Crippen LogP contribution in [-0.2, 0) is 9.59 Å². The molecule has 0 fully saturated rings. The Hall–Kier alpha value is -1.24. The van der Waals surface area contributed by atoms with Crippen molar-refractivity contribution in [3.05, 3.63) is 12.2 Å². The predicted molar refractivity (Wildman–Crippen MR) is 81.8 cm³/mol. The van der Waals surface area contributed by atoms with E-state index in [9.17, 15) is 24.9 Å². The Bertz CT molecular complexity index is 400. The molecular weight excluding hydrogens is 286 g/mol. The number of quaternary nitrogens is 1. The molecular formula is C16H29NO5. The molecule has 0 amide bonds. The first-order valence-electron chi connectivity index (χ1n) is 7.62. The summed E-state index contributed by atoms with van der Waals surface area (Å²) in [6.45, 7) is 1.95. The molecule has 6 nitrogen and oxygen atoms in total. The number of aliphatic carboxylic acids is 1. The third kappa shape index (κ3) is 8.92. The molecule has 0 aromatic heterocycles. The number of allylic oxidation sites excluding steroid dienone is 1. The number of likely N-dealkylation sites (N-methyl/N-ethyl adjacent to an activating group) is 1. The highest BCUT2D eigenvalue weighted by Gasteiger charge is 2.39. The highest BCUT2D eigenvalue weighted by molar-refractivity contribution is 5.99. The van der Waals surface area contributed by atoms with Crippen molar-refractivity contribution in [3.8, 4) is 0 Å². The Morgan fingerprint density at radius 2 is 1.86 bits per heavy atom. The van der Waals surface area contributed by atoms with Gasteiger partial charge in [0.15, 0.2) is 11.4 Å². The number of nitrogens with zero attached hydrogens (tertiary/aromatic N) is 1. The van der Waals surface area contributed by atoms with Crippen LogP contribution in [0.1, 0.15) is 39.0 Å². The van der Waals surface area contributed by atoms with Crippen molar-refractivity contribution >= 4 is 11.8 Å². The second-order valence-electron chi connectivity index (χ2n) is 6.82. The minimum absolute atomic E-state index is 0.0252. The van der Waals surface area contributed by atoms with Crippen LogP contribution in [0, 0.1) is 0 Å². The number of hydrogen-bond acceptors (Lipinski definition) is 5.